The molecule has 0 spiro atoms. The predicted octanol–water partition coefficient (Wildman–Crippen LogP) is 5.70. The summed E-state index contributed by atoms with van der Waals surface area (Å²) in [7, 11) is 0. The number of benzene rings is 3. The van der Waals surface area contributed by atoms with Gasteiger partial charge in [0.1, 0.15) is 18.1 Å². The SMILES string of the molecule is O=[N+]([O-])c1ccc(COc2ccc(-c3[nH]ncc3-c3ccc(Br)cc3)c(O)c2)cc1. The van der Waals surface area contributed by atoms with Gasteiger partial charge in [-0.3, -0.25) is 15.2 Å². The van der Waals surface area contributed by atoms with Gasteiger partial charge >= 0.3 is 0 Å². The van der Waals surface area contributed by atoms with E-state index in [4.69, 9.17) is 4.74 Å². The van der Waals surface area contributed by atoms with Gasteiger partial charge in [0.25, 0.3) is 5.69 Å². The van der Waals surface area contributed by atoms with Crippen LogP contribution in [0.15, 0.2) is 77.4 Å². The maximum absolute atomic E-state index is 10.7. The predicted molar refractivity (Wildman–Crippen MR) is 116 cm³/mol. The standard InChI is InChI=1S/C22H16BrN3O4/c23-16-5-3-15(4-6-16)20-12-24-25-22(20)19-10-9-18(11-21(19)27)30-13-14-1-7-17(8-2-14)26(28)29/h1-12,27H,13H2,(H,24,25). The van der Waals surface area contributed by atoms with E-state index in [0.717, 1.165) is 21.2 Å². The third-order valence-electron chi connectivity index (χ3n) is 4.59. The number of phenolic OH excluding ortho intramolecular Hbond substituents is 1. The summed E-state index contributed by atoms with van der Waals surface area (Å²) < 4.78 is 6.69. The lowest BCUT2D eigenvalue weighted by molar-refractivity contribution is -0.384. The first-order valence-corrected chi connectivity index (χ1v) is 9.79. The monoisotopic (exact) mass is 465 g/mol. The third-order valence-corrected chi connectivity index (χ3v) is 5.11. The molecule has 4 rings (SSSR count). The van der Waals surface area contributed by atoms with Crippen molar-refractivity contribution in [2.24, 2.45) is 0 Å². The Bertz CT molecular complexity index is 1190. The lowest BCUT2D eigenvalue weighted by Gasteiger charge is -2.10. The number of ether oxygens (including phenoxy) is 1. The van der Waals surface area contributed by atoms with Crippen LogP contribution in [-0.4, -0.2) is 20.2 Å². The van der Waals surface area contributed by atoms with Crippen LogP contribution in [0.4, 0.5) is 5.69 Å². The molecule has 0 aliphatic heterocycles. The van der Waals surface area contributed by atoms with Crippen LogP contribution in [0.25, 0.3) is 22.4 Å². The van der Waals surface area contributed by atoms with Crippen molar-refractivity contribution in [2.45, 2.75) is 6.61 Å². The fraction of sp³-hybridized carbons (Fsp3) is 0.0455. The van der Waals surface area contributed by atoms with E-state index >= 15 is 0 Å². The second-order valence-electron chi connectivity index (χ2n) is 6.56. The van der Waals surface area contributed by atoms with Crippen molar-refractivity contribution in [3.05, 3.63) is 93.1 Å². The van der Waals surface area contributed by atoms with E-state index in [1.54, 1.807) is 30.5 Å². The van der Waals surface area contributed by atoms with Crippen molar-refractivity contribution in [1.82, 2.24) is 10.2 Å². The summed E-state index contributed by atoms with van der Waals surface area (Å²) in [6, 6.07) is 19.0. The summed E-state index contributed by atoms with van der Waals surface area (Å²) in [6.07, 6.45) is 1.72. The van der Waals surface area contributed by atoms with Crippen LogP contribution in [-0.2, 0) is 6.61 Å². The average molecular weight is 466 g/mol. The van der Waals surface area contributed by atoms with E-state index in [0.29, 0.717) is 17.0 Å². The molecular formula is C22H16BrN3O4. The average Bonchev–Trinajstić information content (AvgIpc) is 3.22. The van der Waals surface area contributed by atoms with Crippen molar-refractivity contribution in [3.63, 3.8) is 0 Å². The Labute approximate surface area is 180 Å². The number of non-ortho nitro benzene ring substituents is 1. The molecule has 0 amide bonds. The smallest absolute Gasteiger partial charge is 0.269 e. The molecule has 1 heterocycles. The molecule has 7 nitrogen and oxygen atoms in total. The number of H-pyrrole nitrogens is 1. The van der Waals surface area contributed by atoms with Gasteiger partial charge in [-0.25, -0.2) is 0 Å². The zero-order chi connectivity index (χ0) is 21.1. The second-order valence-corrected chi connectivity index (χ2v) is 7.47. The normalized spacial score (nSPS) is 10.7. The van der Waals surface area contributed by atoms with Gasteiger partial charge in [0.15, 0.2) is 0 Å². The number of aromatic nitrogens is 2. The van der Waals surface area contributed by atoms with E-state index in [1.165, 1.54) is 18.2 Å². The molecule has 0 atom stereocenters. The molecule has 0 bridgehead atoms. The van der Waals surface area contributed by atoms with Gasteiger partial charge in [0, 0.05) is 33.8 Å². The first kappa shape index (κ1) is 19.7. The molecule has 0 saturated heterocycles. The molecule has 1 aromatic heterocycles. The molecule has 0 unspecified atom stereocenters. The second kappa shape index (κ2) is 8.38. The highest BCUT2D eigenvalue weighted by Crippen LogP contribution is 2.37. The maximum Gasteiger partial charge on any atom is 0.269 e. The molecule has 4 aromatic rings. The lowest BCUT2D eigenvalue weighted by Crippen LogP contribution is -1.96. The maximum atomic E-state index is 10.7. The molecule has 0 aliphatic rings. The van der Waals surface area contributed by atoms with E-state index in [9.17, 15) is 15.2 Å². The molecule has 0 saturated carbocycles. The molecular weight excluding hydrogens is 450 g/mol. The van der Waals surface area contributed by atoms with Crippen LogP contribution in [0.2, 0.25) is 0 Å². The highest BCUT2D eigenvalue weighted by atomic mass is 79.9. The van der Waals surface area contributed by atoms with Gasteiger partial charge in [0.05, 0.1) is 16.8 Å². The van der Waals surface area contributed by atoms with Gasteiger partial charge in [-0.15, -0.1) is 0 Å². The topological polar surface area (TPSA) is 101 Å². The molecule has 0 aliphatic carbocycles. The summed E-state index contributed by atoms with van der Waals surface area (Å²) >= 11 is 3.43. The van der Waals surface area contributed by atoms with E-state index in [-0.39, 0.29) is 18.0 Å². The Hall–Kier alpha value is -3.65. The number of nitro groups is 1. The zero-order valence-electron chi connectivity index (χ0n) is 15.6. The highest BCUT2D eigenvalue weighted by Gasteiger charge is 2.14. The van der Waals surface area contributed by atoms with Crippen LogP contribution >= 0.6 is 15.9 Å². The number of aromatic amines is 1. The fourth-order valence-electron chi connectivity index (χ4n) is 3.03. The van der Waals surface area contributed by atoms with Gasteiger partial charge in [-0.2, -0.15) is 5.10 Å². The Morgan fingerprint density at radius 1 is 1.03 bits per heavy atom. The Kier molecular flexibility index (Phi) is 5.49. The molecule has 0 radical (unpaired) electrons. The Balaban J connectivity index is 1.52. The van der Waals surface area contributed by atoms with Crippen molar-refractivity contribution in [3.8, 4) is 33.9 Å². The number of rotatable bonds is 6. The zero-order valence-corrected chi connectivity index (χ0v) is 17.2. The lowest BCUT2D eigenvalue weighted by atomic mass is 10.0. The van der Waals surface area contributed by atoms with E-state index in [2.05, 4.69) is 26.1 Å². The first-order valence-electron chi connectivity index (χ1n) is 9.00. The van der Waals surface area contributed by atoms with Crippen LogP contribution in [0, 0.1) is 10.1 Å². The summed E-state index contributed by atoms with van der Waals surface area (Å²) in [5.74, 6) is 0.540. The van der Waals surface area contributed by atoms with Crippen LogP contribution in [0.5, 0.6) is 11.5 Å². The van der Waals surface area contributed by atoms with Gasteiger partial charge in [-0.1, -0.05) is 28.1 Å². The number of phenols is 1. The van der Waals surface area contributed by atoms with E-state index in [1.807, 2.05) is 24.3 Å². The number of nitrogens with one attached hydrogen (secondary N) is 1. The Morgan fingerprint density at radius 2 is 1.77 bits per heavy atom. The molecule has 2 N–H and O–H groups in total. The highest BCUT2D eigenvalue weighted by molar-refractivity contribution is 9.10. The quantitative estimate of drug-likeness (QED) is 0.281. The summed E-state index contributed by atoms with van der Waals surface area (Å²) in [6.45, 7) is 0.227. The minimum Gasteiger partial charge on any atom is -0.507 e. The number of nitro benzene ring substituents is 1. The van der Waals surface area contributed by atoms with Crippen LogP contribution in [0.3, 0.4) is 0 Å². The molecule has 8 heteroatoms. The van der Waals surface area contributed by atoms with Crippen molar-refractivity contribution in [2.75, 3.05) is 0 Å². The first-order chi connectivity index (χ1) is 14.5. The van der Waals surface area contributed by atoms with Crippen LogP contribution in [0.1, 0.15) is 5.56 Å². The van der Waals surface area contributed by atoms with Gasteiger partial charge in [0.2, 0.25) is 0 Å². The van der Waals surface area contributed by atoms with Gasteiger partial charge in [-0.05, 0) is 47.5 Å². The van der Waals surface area contributed by atoms with Crippen LogP contribution < -0.4 is 4.74 Å². The molecule has 3 aromatic carbocycles. The number of nitrogens with zero attached hydrogens (tertiary/aromatic N) is 2. The summed E-state index contributed by atoms with van der Waals surface area (Å²) in [5.41, 5.74) is 3.97. The summed E-state index contributed by atoms with van der Waals surface area (Å²) in [4.78, 5) is 10.3. The fourth-order valence-corrected chi connectivity index (χ4v) is 3.30. The van der Waals surface area contributed by atoms with Gasteiger partial charge < -0.3 is 9.84 Å². The Morgan fingerprint density at radius 3 is 2.43 bits per heavy atom. The molecule has 0 fully saturated rings. The number of aromatic hydroxyl groups is 1. The molecule has 150 valence electrons. The van der Waals surface area contributed by atoms with Crippen molar-refractivity contribution >= 4 is 21.6 Å². The minimum absolute atomic E-state index is 0.0295. The molecule has 30 heavy (non-hydrogen) atoms. The minimum atomic E-state index is -0.445. The van der Waals surface area contributed by atoms with E-state index < -0.39 is 4.92 Å². The van der Waals surface area contributed by atoms with Crippen molar-refractivity contribution in [1.29, 1.82) is 0 Å². The van der Waals surface area contributed by atoms with Crippen molar-refractivity contribution < 1.29 is 14.8 Å². The number of hydrogen-bond donors (Lipinski definition) is 2. The summed E-state index contributed by atoms with van der Waals surface area (Å²) in [5, 5.41) is 28.4. The number of hydrogen-bond acceptors (Lipinski definition) is 5. The third kappa shape index (κ3) is 4.18. The number of halogens is 1. The largest absolute Gasteiger partial charge is 0.507 e.